The third-order valence-corrected chi connectivity index (χ3v) is 3.89. The van der Waals surface area contributed by atoms with Gasteiger partial charge in [-0.15, -0.1) is 11.3 Å². The smallest absolute Gasteiger partial charge is 0.354 e. The SMILES string of the molecule is CNC(=O)c1sc(-c2ccc(C(F)(F)F)cc2)nc1C. The van der Waals surface area contributed by atoms with Crippen molar-refractivity contribution < 1.29 is 18.0 Å². The highest BCUT2D eigenvalue weighted by Crippen LogP contribution is 2.32. The number of hydrogen-bond donors (Lipinski definition) is 1. The fourth-order valence-corrected chi connectivity index (χ4v) is 2.66. The number of nitrogens with one attached hydrogen (secondary N) is 1. The third kappa shape index (κ3) is 2.82. The number of amides is 1. The molecule has 1 N–H and O–H groups in total. The molecule has 0 unspecified atom stereocenters. The first-order chi connectivity index (χ1) is 9.32. The first kappa shape index (κ1) is 14.5. The quantitative estimate of drug-likeness (QED) is 0.922. The number of halogens is 3. The summed E-state index contributed by atoms with van der Waals surface area (Å²) >= 11 is 1.15. The second kappa shape index (κ2) is 5.24. The molecule has 1 heterocycles. The lowest BCUT2D eigenvalue weighted by molar-refractivity contribution is -0.137. The van der Waals surface area contributed by atoms with Crippen molar-refractivity contribution in [1.29, 1.82) is 0 Å². The van der Waals surface area contributed by atoms with Gasteiger partial charge in [-0.25, -0.2) is 4.98 Å². The Kier molecular flexibility index (Phi) is 3.80. The van der Waals surface area contributed by atoms with Crippen molar-refractivity contribution in [1.82, 2.24) is 10.3 Å². The van der Waals surface area contributed by atoms with E-state index < -0.39 is 11.7 Å². The highest BCUT2D eigenvalue weighted by molar-refractivity contribution is 7.17. The van der Waals surface area contributed by atoms with E-state index in [4.69, 9.17) is 0 Å². The number of aryl methyl sites for hydroxylation is 1. The summed E-state index contributed by atoms with van der Waals surface area (Å²) in [4.78, 5) is 16.3. The Hall–Kier alpha value is -1.89. The average Bonchev–Trinajstić information content (AvgIpc) is 2.79. The van der Waals surface area contributed by atoms with Gasteiger partial charge in [-0.3, -0.25) is 4.79 Å². The van der Waals surface area contributed by atoms with Crippen LogP contribution in [0.1, 0.15) is 20.9 Å². The van der Waals surface area contributed by atoms with Crippen molar-refractivity contribution in [2.45, 2.75) is 13.1 Å². The fraction of sp³-hybridized carbons (Fsp3) is 0.231. The standard InChI is InChI=1S/C13H11F3N2OS/c1-7-10(11(19)17-2)20-12(18-7)8-3-5-9(6-4-8)13(14,15)16/h3-6H,1-2H3,(H,17,19). The van der Waals surface area contributed by atoms with E-state index in [1.807, 2.05) is 0 Å². The van der Waals surface area contributed by atoms with Crippen LogP contribution in [-0.2, 0) is 6.18 Å². The maximum atomic E-state index is 12.5. The molecule has 0 aliphatic rings. The molecular formula is C13H11F3N2OS. The predicted molar refractivity (Wildman–Crippen MR) is 70.7 cm³/mol. The number of benzene rings is 1. The third-order valence-electron chi connectivity index (χ3n) is 2.69. The number of carbonyl (C=O) groups excluding carboxylic acids is 1. The van der Waals surface area contributed by atoms with Gasteiger partial charge < -0.3 is 5.32 Å². The Morgan fingerprint density at radius 3 is 2.35 bits per heavy atom. The number of hydrogen-bond acceptors (Lipinski definition) is 3. The predicted octanol–water partition coefficient (Wildman–Crippen LogP) is 3.50. The van der Waals surface area contributed by atoms with Crippen LogP contribution in [0, 0.1) is 6.92 Å². The van der Waals surface area contributed by atoms with E-state index in [0.29, 0.717) is 21.1 Å². The van der Waals surface area contributed by atoms with Gasteiger partial charge in [0, 0.05) is 12.6 Å². The molecule has 0 fully saturated rings. The molecule has 0 bridgehead atoms. The summed E-state index contributed by atoms with van der Waals surface area (Å²) in [5.41, 5.74) is 0.409. The summed E-state index contributed by atoms with van der Waals surface area (Å²) in [6.07, 6.45) is -4.36. The molecule has 0 aliphatic carbocycles. The van der Waals surface area contributed by atoms with E-state index in [-0.39, 0.29) is 5.91 Å². The van der Waals surface area contributed by atoms with Crippen molar-refractivity contribution in [2.75, 3.05) is 7.05 Å². The fourth-order valence-electron chi connectivity index (χ4n) is 1.65. The number of thiazole rings is 1. The van der Waals surface area contributed by atoms with Crippen LogP contribution in [0.3, 0.4) is 0 Å². The maximum Gasteiger partial charge on any atom is 0.416 e. The molecule has 1 amide bonds. The van der Waals surface area contributed by atoms with Gasteiger partial charge in [0.25, 0.3) is 5.91 Å². The second-order valence-corrected chi connectivity index (χ2v) is 5.09. The molecule has 1 aromatic heterocycles. The normalized spacial score (nSPS) is 11.4. The lowest BCUT2D eigenvalue weighted by Crippen LogP contribution is -2.17. The van der Waals surface area contributed by atoms with Gasteiger partial charge in [-0.05, 0) is 19.1 Å². The van der Waals surface area contributed by atoms with E-state index in [2.05, 4.69) is 10.3 Å². The minimum absolute atomic E-state index is 0.252. The van der Waals surface area contributed by atoms with E-state index >= 15 is 0 Å². The Morgan fingerprint density at radius 2 is 1.85 bits per heavy atom. The Labute approximate surface area is 117 Å². The van der Waals surface area contributed by atoms with Crippen molar-refractivity contribution in [3.8, 4) is 10.6 Å². The first-order valence-electron chi connectivity index (χ1n) is 5.70. The Balaban J connectivity index is 2.35. The summed E-state index contributed by atoms with van der Waals surface area (Å²) in [7, 11) is 1.51. The molecule has 0 spiro atoms. The van der Waals surface area contributed by atoms with Crippen molar-refractivity contribution in [3.05, 3.63) is 40.4 Å². The summed E-state index contributed by atoms with van der Waals surface area (Å²) in [6.45, 7) is 1.69. The van der Waals surface area contributed by atoms with Gasteiger partial charge >= 0.3 is 6.18 Å². The molecule has 7 heteroatoms. The first-order valence-corrected chi connectivity index (χ1v) is 6.51. The van der Waals surface area contributed by atoms with E-state index in [1.165, 1.54) is 19.2 Å². The molecule has 1 aromatic carbocycles. The molecule has 0 saturated carbocycles. The minimum atomic E-state index is -4.36. The van der Waals surface area contributed by atoms with Crippen molar-refractivity contribution >= 4 is 17.2 Å². The van der Waals surface area contributed by atoms with E-state index in [0.717, 1.165) is 23.5 Å². The molecule has 0 atom stereocenters. The molecule has 2 aromatic rings. The maximum absolute atomic E-state index is 12.5. The van der Waals surface area contributed by atoms with E-state index in [9.17, 15) is 18.0 Å². The van der Waals surface area contributed by atoms with Gasteiger partial charge in [0.15, 0.2) is 0 Å². The monoisotopic (exact) mass is 300 g/mol. The molecule has 20 heavy (non-hydrogen) atoms. The highest BCUT2D eigenvalue weighted by atomic mass is 32.1. The van der Waals surface area contributed by atoms with Gasteiger partial charge in [0.05, 0.1) is 11.3 Å². The lowest BCUT2D eigenvalue weighted by atomic mass is 10.1. The van der Waals surface area contributed by atoms with E-state index in [1.54, 1.807) is 6.92 Å². The van der Waals surface area contributed by atoms with Crippen LogP contribution in [0.4, 0.5) is 13.2 Å². The number of aromatic nitrogens is 1. The van der Waals surface area contributed by atoms with Gasteiger partial charge in [-0.1, -0.05) is 12.1 Å². The van der Waals surface area contributed by atoms with Crippen molar-refractivity contribution in [2.24, 2.45) is 0 Å². The summed E-state index contributed by atoms with van der Waals surface area (Å²) in [5.74, 6) is -0.252. The van der Waals surface area contributed by atoms with Gasteiger partial charge in [0.2, 0.25) is 0 Å². The number of nitrogens with zero attached hydrogens (tertiary/aromatic N) is 1. The van der Waals surface area contributed by atoms with Crippen molar-refractivity contribution in [3.63, 3.8) is 0 Å². The van der Waals surface area contributed by atoms with Crippen LogP contribution < -0.4 is 5.32 Å². The molecule has 106 valence electrons. The summed E-state index contributed by atoms with van der Waals surface area (Å²) in [6, 6.07) is 4.72. The number of alkyl halides is 3. The van der Waals surface area contributed by atoms with Crippen LogP contribution in [0.15, 0.2) is 24.3 Å². The Bertz CT molecular complexity index is 632. The van der Waals surface area contributed by atoms with Crippen LogP contribution in [-0.4, -0.2) is 17.9 Å². The minimum Gasteiger partial charge on any atom is -0.354 e. The molecule has 0 aliphatic heterocycles. The number of carbonyl (C=O) groups is 1. The van der Waals surface area contributed by atoms with Gasteiger partial charge in [-0.2, -0.15) is 13.2 Å². The van der Waals surface area contributed by atoms with Crippen LogP contribution in [0.5, 0.6) is 0 Å². The zero-order valence-electron chi connectivity index (χ0n) is 10.7. The Morgan fingerprint density at radius 1 is 1.25 bits per heavy atom. The zero-order valence-corrected chi connectivity index (χ0v) is 11.5. The summed E-state index contributed by atoms with van der Waals surface area (Å²) < 4.78 is 37.4. The second-order valence-electron chi connectivity index (χ2n) is 4.09. The lowest BCUT2D eigenvalue weighted by Gasteiger charge is -2.06. The van der Waals surface area contributed by atoms with Crippen LogP contribution in [0.25, 0.3) is 10.6 Å². The topological polar surface area (TPSA) is 42.0 Å². The molecule has 2 rings (SSSR count). The highest BCUT2D eigenvalue weighted by Gasteiger charge is 2.30. The van der Waals surface area contributed by atoms with Gasteiger partial charge in [0.1, 0.15) is 9.88 Å². The molecule has 0 radical (unpaired) electrons. The zero-order chi connectivity index (χ0) is 14.9. The van der Waals surface area contributed by atoms with Crippen LogP contribution in [0.2, 0.25) is 0 Å². The summed E-state index contributed by atoms with van der Waals surface area (Å²) in [5, 5.41) is 3.02. The average molecular weight is 300 g/mol. The molecular weight excluding hydrogens is 289 g/mol. The van der Waals surface area contributed by atoms with Crippen LogP contribution >= 0.6 is 11.3 Å². The molecule has 3 nitrogen and oxygen atoms in total. The molecule has 0 saturated heterocycles. The number of rotatable bonds is 2. The largest absolute Gasteiger partial charge is 0.416 e.